The molecule has 3 rings (SSSR count). The lowest BCUT2D eigenvalue weighted by molar-refractivity contribution is 0.528. The summed E-state index contributed by atoms with van der Waals surface area (Å²) < 4.78 is 5.68. The van der Waals surface area contributed by atoms with E-state index in [4.69, 9.17) is 4.42 Å². The largest absolute Gasteiger partial charge is 0.460 e. The van der Waals surface area contributed by atoms with E-state index in [0.29, 0.717) is 6.04 Å². The van der Waals surface area contributed by atoms with Crippen molar-refractivity contribution in [2.45, 2.75) is 44.0 Å². The zero-order valence-electron chi connectivity index (χ0n) is 12.0. The Morgan fingerprint density at radius 1 is 1.45 bits per heavy atom. The highest BCUT2D eigenvalue weighted by Gasteiger charge is 2.26. The van der Waals surface area contributed by atoms with Crippen LogP contribution in [-0.4, -0.2) is 27.7 Å². The van der Waals surface area contributed by atoms with E-state index in [9.17, 15) is 0 Å². The molecule has 2 aromatic heterocycles. The molecule has 1 aliphatic rings. The monoisotopic (exact) mass is 291 g/mol. The molecule has 20 heavy (non-hydrogen) atoms. The summed E-state index contributed by atoms with van der Waals surface area (Å²) in [6.45, 7) is 2.80. The molecular formula is C15H21N3OS. The molecular weight excluding hydrogens is 270 g/mol. The van der Waals surface area contributed by atoms with Crippen molar-refractivity contribution in [3.8, 4) is 11.5 Å². The van der Waals surface area contributed by atoms with E-state index in [1.165, 1.54) is 24.8 Å². The number of aromatic nitrogens is 2. The minimum Gasteiger partial charge on any atom is -0.460 e. The van der Waals surface area contributed by atoms with Gasteiger partial charge in [-0.2, -0.15) is 16.9 Å². The normalized spacial score (nSPS) is 22.5. The van der Waals surface area contributed by atoms with E-state index in [-0.39, 0.29) is 0 Å². The zero-order valence-corrected chi connectivity index (χ0v) is 12.8. The summed E-state index contributed by atoms with van der Waals surface area (Å²) in [4.78, 5) is 0. The number of nitrogens with zero attached hydrogens (tertiary/aromatic N) is 1. The highest BCUT2D eigenvalue weighted by molar-refractivity contribution is 7.99. The van der Waals surface area contributed by atoms with Crippen molar-refractivity contribution in [1.82, 2.24) is 15.5 Å². The van der Waals surface area contributed by atoms with Crippen LogP contribution in [-0.2, 0) is 6.54 Å². The molecule has 4 nitrogen and oxygen atoms in total. The number of hydrogen-bond donors (Lipinski definition) is 2. The van der Waals surface area contributed by atoms with Gasteiger partial charge in [0.25, 0.3) is 0 Å². The maximum atomic E-state index is 5.68. The molecule has 2 atom stereocenters. The molecule has 5 heteroatoms. The summed E-state index contributed by atoms with van der Waals surface area (Å²) in [5.74, 6) is 1.79. The molecule has 0 aliphatic heterocycles. The van der Waals surface area contributed by atoms with Crippen LogP contribution in [0.3, 0.4) is 0 Å². The van der Waals surface area contributed by atoms with Crippen LogP contribution in [0.4, 0.5) is 0 Å². The lowest BCUT2D eigenvalue weighted by Crippen LogP contribution is -2.33. The number of furan rings is 1. The highest BCUT2D eigenvalue weighted by Crippen LogP contribution is 2.29. The molecule has 0 saturated heterocycles. The van der Waals surface area contributed by atoms with E-state index in [1.54, 1.807) is 0 Å². The van der Waals surface area contributed by atoms with Gasteiger partial charge in [-0.1, -0.05) is 6.42 Å². The maximum absolute atomic E-state index is 5.68. The molecule has 1 fully saturated rings. The van der Waals surface area contributed by atoms with E-state index in [1.807, 2.05) is 37.0 Å². The SMILES string of the molecule is CSC1CCCC1NCc1cn[nH]c1-c1ccc(C)o1. The Hall–Kier alpha value is -1.20. The van der Waals surface area contributed by atoms with Gasteiger partial charge in [-0.3, -0.25) is 5.10 Å². The summed E-state index contributed by atoms with van der Waals surface area (Å²) in [5, 5.41) is 11.6. The lowest BCUT2D eigenvalue weighted by Gasteiger charge is -2.19. The summed E-state index contributed by atoms with van der Waals surface area (Å²) in [6, 6.07) is 4.59. The van der Waals surface area contributed by atoms with Crippen LogP contribution in [0, 0.1) is 6.92 Å². The Labute approximate surface area is 123 Å². The number of hydrogen-bond acceptors (Lipinski definition) is 4. The fourth-order valence-corrected chi connectivity index (χ4v) is 3.87. The van der Waals surface area contributed by atoms with Crippen molar-refractivity contribution in [2.75, 3.05) is 6.26 Å². The van der Waals surface area contributed by atoms with Crippen molar-refractivity contribution >= 4 is 11.8 Å². The zero-order chi connectivity index (χ0) is 13.9. The molecule has 1 aliphatic carbocycles. The van der Waals surface area contributed by atoms with E-state index >= 15 is 0 Å². The smallest absolute Gasteiger partial charge is 0.152 e. The second-order valence-corrected chi connectivity index (χ2v) is 6.45. The van der Waals surface area contributed by atoms with Crippen LogP contribution >= 0.6 is 11.8 Å². The van der Waals surface area contributed by atoms with Gasteiger partial charge in [-0.15, -0.1) is 0 Å². The molecule has 2 N–H and O–H groups in total. The first-order valence-corrected chi connectivity index (χ1v) is 8.42. The van der Waals surface area contributed by atoms with E-state index < -0.39 is 0 Å². The van der Waals surface area contributed by atoms with Crippen LogP contribution in [0.1, 0.15) is 30.6 Å². The van der Waals surface area contributed by atoms with Crippen LogP contribution in [0.2, 0.25) is 0 Å². The summed E-state index contributed by atoms with van der Waals surface area (Å²) in [7, 11) is 0. The second-order valence-electron chi connectivity index (χ2n) is 5.37. The van der Waals surface area contributed by atoms with E-state index in [0.717, 1.165) is 29.0 Å². The third-order valence-electron chi connectivity index (χ3n) is 4.01. The summed E-state index contributed by atoms with van der Waals surface area (Å²) in [6.07, 6.45) is 8.04. The molecule has 2 aromatic rings. The topological polar surface area (TPSA) is 53.9 Å². The molecule has 0 spiro atoms. The quantitative estimate of drug-likeness (QED) is 0.887. The molecule has 0 aromatic carbocycles. The standard InChI is InChI=1S/C15H21N3OS/c1-10-6-7-13(19-10)15-11(9-17-18-15)8-16-12-4-3-5-14(12)20-2/h6-7,9,12,14,16H,3-5,8H2,1-2H3,(H,17,18). The Bertz CT molecular complexity index is 563. The van der Waals surface area contributed by atoms with Gasteiger partial charge in [0.15, 0.2) is 5.76 Å². The van der Waals surface area contributed by atoms with E-state index in [2.05, 4.69) is 21.8 Å². The third kappa shape index (κ3) is 2.79. The van der Waals surface area contributed by atoms with Gasteiger partial charge in [-0.25, -0.2) is 0 Å². The van der Waals surface area contributed by atoms with Crippen LogP contribution in [0.5, 0.6) is 0 Å². The average Bonchev–Trinajstić information content (AvgIpc) is 3.15. The first kappa shape index (κ1) is 13.8. The number of thioether (sulfide) groups is 1. The molecule has 2 heterocycles. The van der Waals surface area contributed by atoms with Gasteiger partial charge in [0.2, 0.25) is 0 Å². The number of aromatic amines is 1. The van der Waals surface area contributed by atoms with Crippen molar-refractivity contribution in [3.05, 3.63) is 29.7 Å². The highest BCUT2D eigenvalue weighted by atomic mass is 32.2. The molecule has 0 amide bonds. The molecule has 2 unspecified atom stereocenters. The summed E-state index contributed by atoms with van der Waals surface area (Å²) in [5.41, 5.74) is 2.16. The lowest BCUT2D eigenvalue weighted by atomic mass is 10.2. The average molecular weight is 291 g/mol. The van der Waals surface area contributed by atoms with Crippen molar-refractivity contribution in [2.24, 2.45) is 0 Å². The summed E-state index contributed by atoms with van der Waals surface area (Å²) >= 11 is 1.98. The number of aryl methyl sites for hydroxylation is 1. The first-order valence-electron chi connectivity index (χ1n) is 7.13. The fourth-order valence-electron chi connectivity index (χ4n) is 2.91. The minimum atomic E-state index is 0.617. The van der Waals surface area contributed by atoms with Crippen molar-refractivity contribution in [3.63, 3.8) is 0 Å². The Morgan fingerprint density at radius 2 is 2.35 bits per heavy atom. The van der Waals surface area contributed by atoms with Gasteiger partial charge >= 0.3 is 0 Å². The first-order chi connectivity index (χ1) is 9.78. The number of nitrogens with one attached hydrogen (secondary N) is 2. The van der Waals surface area contributed by atoms with Crippen LogP contribution in [0.25, 0.3) is 11.5 Å². The Kier molecular flexibility index (Phi) is 4.17. The van der Waals surface area contributed by atoms with Crippen molar-refractivity contribution < 1.29 is 4.42 Å². The van der Waals surface area contributed by atoms with Gasteiger partial charge in [0.05, 0.1) is 6.20 Å². The number of H-pyrrole nitrogens is 1. The number of rotatable bonds is 5. The predicted octanol–water partition coefficient (Wildman–Crippen LogP) is 3.35. The van der Waals surface area contributed by atoms with Gasteiger partial charge in [0, 0.05) is 23.4 Å². The molecule has 0 radical (unpaired) electrons. The Balaban J connectivity index is 1.68. The molecule has 0 bridgehead atoms. The molecule has 108 valence electrons. The second kappa shape index (κ2) is 6.06. The maximum Gasteiger partial charge on any atom is 0.152 e. The molecule has 1 saturated carbocycles. The third-order valence-corrected chi connectivity index (χ3v) is 5.18. The predicted molar refractivity (Wildman–Crippen MR) is 82.8 cm³/mol. The van der Waals surface area contributed by atoms with Gasteiger partial charge in [0.1, 0.15) is 11.5 Å². The van der Waals surface area contributed by atoms with Crippen molar-refractivity contribution in [1.29, 1.82) is 0 Å². The van der Waals surface area contributed by atoms with Gasteiger partial charge in [-0.05, 0) is 38.2 Å². The van der Waals surface area contributed by atoms with Crippen LogP contribution in [0.15, 0.2) is 22.7 Å². The minimum absolute atomic E-state index is 0.617. The fraction of sp³-hybridized carbons (Fsp3) is 0.533. The Morgan fingerprint density at radius 3 is 3.10 bits per heavy atom. The van der Waals surface area contributed by atoms with Gasteiger partial charge < -0.3 is 9.73 Å². The van der Waals surface area contributed by atoms with Crippen LogP contribution < -0.4 is 5.32 Å².